The Balaban J connectivity index is 0.00000385. The second kappa shape index (κ2) is 11.1. The number of aryl methyl sites for hydroxylation is 2. The normalized spacial score (nSPS) is 11.1. The molecule has 0 saturated carbocycles. The Bertz CT molecular complexity index is 1350. The standard InChI is InChI=1S/C22H24N3O6S.K/c1-13-9-17-14(2)18(11-15-7-6-8-16(10-15)24-32(28,29)23-3)21(26)30-20(17)12-19(13)31-22(27)25(4)5;/h6-10,12,23H,11H2,1-5H3;/q-1;+1. The van der Waals surface area contributed by atoms with E-state index < -0.39 is 21.9 Å². The van der Waals surface area contributed by atoms with Gasteiger partial charge < -0.3 is 18.8 Å². The van der Waals surface area contributed by atoms with E-state index in [4.69, 9.17) is 9.15 Å². The van der Waals surface area contributed by atoms with Crippen molar-refractivity contribution in [3.05, 3.63) is 73.8 Å². The van der Waals surface area contributed by atoms with Gasteiger partial charge in [0.25, 0.3) is 0 Å². The van der Waals surface area contributed by atoms with Gasteiger partial charge in [-0.05, 0) is 43.7 Å². The van der Waals surface area contributed by atoms with Gasteiger partial charge in [0, 0.05) is 37.5 Å². The van der Waals surface area contributed by atoms with E-state index >= 15 is 0 Å². The van der Waals surface area contributed by atoms with E-state index in [-0.39, 0.29) is 63.5 Å². The number of carbonyl (C=O) groups excluding carboxylic acids is 1. The van der Waals surface area contributed by atoms with Crippen LogP contribution < -0.4 is 66.5 Å². The summed E-state index contributed by atoms with van der Waals surface area (Å²) in [5.74, 6) is 0.312. The number of hydrogen-bond donors (Lipinski definition) is 1. The van der Waals surface area contributed by atoms with Gasteiger partial charge in [-0.15, -0.1) is 5.69 Å². The van der Waals surface area contributed by atoms with Gasteiger partial charge >= 0.3 is 63.1 Å². The summed E-state index contributed by atoms with van der Waals surface area (Å²) in [4.78, 5) is 25.9. The average Bonchev–Trinajstić information content (AvgIpc) is 2.72. The van der Waals surface area contributed by atoms with Crippen LogP contribution in [0.15, 0.2) is 45.6 Å². The Morgan fingerprint density at radius 2 is 1.88 bits per heavy atom. The minimum Gasteiger partial charge on any atom is -0.564 e. The number of carbonyl (C=O) groups is 1. The van der Waals surface area contributed by atoms with Crippen molar-refractivity contribution >= 4 is 33.0 Å². The van der Waals surface area contributed by atoms with E-state index in [1.54, 1.807) is 51.4 Å². The zero-order chi connectivity index (χ0) is 23.6. The summed E-state index contributed by atoms with van der Waals surface area (Å²) >= 11 is 0. The molecule has 0 atom stereocenters. The summed E-state index contributed by atoms with van der Waals surface area (Å²) in [6.45, 7) is 3.62. The van der Waals surface area contributed by atoms with Crippen LogP contribution in [0, 0.1) is 13.8 Å². The van der Waals surface area contributed by atoms with Crippen molar-refractivity contribution in [2.45, 2.75) is 20.3 Å². The smallest absolute Gasteiger partial charge is 0.564 e. The first kappa shape index (κ1) is 27.5. The molecule has 9 nitrogen and oxygen atoms in total. The molecule has 0 unspecified atom stereocenters. The summed E-state index contributed by atoms with van der Waals surface area (Å²) in [5.41, 5.74) is 2.65. The monoisotopic (exact) mass is 497 g/mol. The molecule has 0 bridgehead atoms. The van der Waals surface area contributed by atoms with Gasteiger partial charge in [0.1, 0.15) is 11.3 Å². The number of benzene rings is 2. The van der Waals surface area contributed by atoms with Gasteiger partial charge in [0.05, 0.1) is 0 Å². The molecule has 1 aromatic heterocycles. The minimum absolute atomic E-state index is 0. The van der Waals surface area contributed by atoms with Crippen LogP contribution in [0.4, 0.5) is 10.5 Å². The Morgan fingerprint density at radius 1 is 1.18 bits per heavy atom. The molecule has 2 aromatic carbocycles. The molecular weight excluding hydrogens is 473 g/mol. The number of hydrogen-bond acceptors (Lipinski definition) is 6. The molecule has 3 rings (SSSR count). The number of nitrogens with zero attached hydrogens (tertiary/aromatic N) is 2. The third-order valence-electron chi connectivity index (χ3n) is 4.92. The second-order valence-corrected chi connectivity index (χ2v) is 9.03. The molecule has 1 N–H and O–H groups in total. The Hall–Kier alpha value is -1.73. The van der Waals surface area contributed by atoms with Gasteiger partial charge in [-0.2, -0.15) is 0 Å². The zero-order valence-corrected chi connectivity index (χ0v) is 23.4. The fourth-order valence-electron chi connectivity index (χ4n) is 3.14. The van der Waals surface area contributed by atoms with E-state index in [2.05, 4.69) is 9.44 Å². The minimum atomic E-state index is -3.77. The average molecular weight is 498 g/mol. The van der Waals surface area contributed by atoms with Crippen molar-refractivity contribution < 1.29 is 73.8 Å². The Morgan fingerprint density at radius 3 is 2.52 bits per heavy atom. The second-order valence-electron chi connectivity index (χ2n) is 7.49. The van der Waals surface area contributed by atoms with Crippen LogP contribution in [0.3, 0.4) is 0 Å². The van der Waals surface area contributed by atoms with Crippen molar-refractivity contribution in [1.29, 1.82) is 0 Å². The molecule has 0 aliphatic heterocycles. The largest absolute Gasteiger partial charge is 1.00 e. The summed E-state index contributed by atoms with van der Waals surface area (Å²) < 4.78 is 40.0. The van der Waals surface area contributed by atoms with Crippen LogP contribution in [0.2, 0.25) is 0 Å². The fourth-order valence-corrected chi connectivity index (χ4v) is 3.62. The maximum Gasteiger partial charge on any atom is 1.00 e. The summed E-state index contributed by atoms with van der Waals surface area (Å²) in [5, 5.41) is 0.723. The third kappa shape index (κ3) is 6.66. The summed E-state index contributed by atoms with van der Waals surface area (Å²) in [7, 11) is 0.655. The fraction of sp³-hybridized carbons (Fsp3) is 0.273. The molecule has 0 fully saturated rings. The SMILES string of the molecule is CNS(=O)(=O)[N-]c1cccc(Cc2c(C)c3cc(C)c(OC(=O)N(C)C)cc3oc2=O)c1.[K+]. The molecule has 3 aromatic rings. The molecule has 1 heterocycles. The van der Waals surface area contributed by atoms with Crippen molar-refractivity contribution in [1.82, 2.24) is 9.62 Å². The third-order valence-corrected chi connectivity index (χ3v) is 5.89. The maximum absolute atomic E-state index is 12.7. The predicted molar refractivity (Wildman–Crippen MR) is 122 cm³/mol. The van der Waals surface area contributed by atoms with E-state index in [1.165, 1.54) is 18.0 Å². The Labute approximate surface area is 235 Å². The number of nitrogens with one attached hydrogen (secondary N) is 1. The first-order chi connectivity index (χ1) is 15.0. The molecule has 0 aliphatic carbocycles. The topological polar surface area (TPSA) is 120 Å². The molecule has 33 heavy (non-hydrogen) atoms. The Kier molecular flexibility index (Phi) is 9.28. The van der Waals surface area contributed by atoms with Crippen molar-refractivity contribution in [3.8, 4) is 5.75 Å². The van der Waals surface area contributed by atoms with Crippen LogP contribution in [-0.4, -0.2) is 40.6 Å². The van der Waals surface area contributed by atoms with Gasteiger partial charge in [0.15, 0.2) is 10.2 Å². The quantitative estimate of drug-likeness (QED) is 0.392. The first-order valence-electron chi connectivity index (χ1n) is 9.72. The van der Waals surface area contributed by atoms with E-state index in [0.29, 0.717) is 28.0 Å². The van der Waals surface area contributed by atoms with E-state index in [9.17, 15) is 18.0 Å². The maximum atomic E-state index is 12.7. The zero-order valence-electron chi connectivity index (χ0n) is 19.4. The van der Waals surface area contributed by atoms with E-state index in [1.807, 2.05) is 6.92 Å². The van der Waals surface area contributed by atoms with Gasteiger partial charge in [-0.1, -0.05) is 24.3 Å². The predicted octanol–water partition coefficient (Wildman–Crippen LogP) is 0.534. The van der Waals surface area contributed by atoms with Gasteiger partial charge in [-0.25, -0.2) is 22.7 Å². The summed E-state index contributed by atoms with van der Waals surface area (Å²) in [6.07, 6.45) is -0.294. The molecule has 1 amide bonds. The van der Waals surface area contributed by atoms with Crippen molar-refractivity contribution in [3.63, 3.8) is 0 Å². The number of ether oxygens (including phenoxy) is 1. The first-order valence-corrected chi connectivity index (χ1v) is 11.2. The van der Waals surface area contributed by atoms with Crippen LogP contribution in [0.1, 0.15) is 22.3 Å². The van der Waals surface area contributed by atoms with Crippen LogP contribution >= 0.6 is 0 Å². The molecular formula is C22H24KN3O6S. The van der Waals surface area contributed by atoms with Crippen LogP contribution in [0.5, 0.6) is 5.75 Å². The summed E-state index contributed by atoms with van der Waals surface area (Å²) in [6, 6.07) is 9.96. The molecule has 170 valence electrons. The number of amides is 1. The molecule has 0 spiro atoms. The molecule has 0 radical (unpaired) electrons. The van der Waals surface area contributed by atoms with Crippen molar-refractivity contribution in [2.75, 3.05) is 21.1 Å². The van der Waals surface area contributed by atoms with Gasteiger partial charge in [0.2, 0.25) is 0 Å². The van der Waals surface area contributed by atoms with Crippen LogP contribution in [-0.2, 0) is 16.6 Å². The van der Waals surface area contributed by atoms with Crippen LogP contribution in [0.25, 0.3) is 15.7 Å². The van der Waals surface area contributed by atoms with E-state index in [0.717, 1.165) is 10.9 Å². The molecule has 11 heteroatoms. The molecule has 0 aliphatic rings. The van der Waals surface area contributed by atoms with Gasteiger partial charge in [-0.3, -0.25) is 0 Å². The molecule has 0 saturated heterocycles. The number of rotatable bonds is 6. The van der Waals surface area contributed by atoms with Crippen molar-refractivity contribution in [2.24, 2.45) is 0 Å². The number of fused-ring (bicyclic) bond motifs is 1.